The van der Waals surface area contributed by atoms with Crippen LogP contribution in [-0.4, -0.2) is 43.1 Å². The number of ether oxygens (including phenoxy) is 3. The number of rotatable bonds is 9. The Kier molecular flexibility index (Phi) is 7.05. The number of aromatic nitrogens is 2. The standard InChI is InChI=1S/C22H24N4O4/c1-4-10-30-18-7-5-6-16(11-18)22(27)26-24-14-17-13-23-25-21(17)15-8-9-19(28-2)20(12-15)29-3/h5-9,11-14H,4,10H2,1-3H3,(H,23,25)(H,26,27). The Morgan fingerprint density at radius 2 is 2.00 bits per heavy atom. The summed E-state index contributed by atoms with van der Waals surface area (Å²) >= 11 is 0. The summed E-state index contributed by atoms with van der Waals surface area (Å²) in [6, 6.07) is 12.5. The van der Waals surface area contributed by atoms with Crippen molar-refractivity contribution in [1.82, 2.24) is 15.6 Å². The zero-order valence-electron chi connectivity index (χ0n) is 17.1. The van der Waals surface area contributed by atoms with Crippen LogP contribution in [0.4, 0.5) is 0 Å². The van der Waals surface area contributed by atoms with E-state index in [9.17, 15) is 4.79 Å². The van der Waals surface area contributed by atoms with Gasteiger partial charge in [0, 0.05) is 16.7 Å². The van der Waals surface area contributed by atoms with E-state index < -0.39 is 0 Å². The van der Waals surface area contributed by atoms with Crippen molar-refractivity contribution in [3.05, 3.63) is 59.8 Å². The van der Waals surface area contributed by atoms with Gasteiger partial charge in [-0.15, -0.1) is 0 Å². The lowest BCUT2D eigenvalue weighted by atomic mass is 10.1. The Hall–Kier alpha value is -3.81. The highest BCUT2D eigenvalue weighted by Gasteiger charge is 2.11. The highest BCUT2D eigenvalue weighted by Crippen LogP contribution is 2.32. The van der Waals surface area contributed by atoms with Crippen LogP contribution < -0.4 is 19.6 Å². The molecule has 0 bridgehead atoms. The molecule has 2 aromatic carbocycles. The van der Waals surface area contributed by atoms with Gasteiger partial charge in [-0.2, -0.15) is 10.2 Å². The minimum Gasteiger partial charge on any atom is -0.494 e. The molecule has 0 saturated carbocycles. The number of methoxy groups -OCH3 is 2. The third-order valence-electron chi connectivity index (χ3n) is 4.28. The predicted octanol–water partition coefficient (Wildman–Crippen LogP) is 3.65. The van der Waals surface area contributed by atoms with Crippen molar-refractivity contribution in [3.8, 4) is 28.5 Å². The molecule has 3 aromatic rings. The topological polar surface area (TPSA) is 97.8 Å². The van der Waals surface area contributed by atoms with Gasteiger partial charge in [0.15, 0.2) is 11.5 Å². The summed E-state index contributed by atoms with van der Waals surface area (Å²) < 4.78 is 16.2. The summed E-state index contributed by atoms with van der Waals surface area (Å²) in [5.74, 6) is 1.56. The molecule has 8 nitrogen and oxygen atoms in total. The summed E-state index contributed by atoms with van der Waals surface area (Å²) in [7, 11) is 3.16. The number of hydrazone groups is 1. The summed E-state index contributed by atoms with van der Waals surface area (Å²) in [6.45, 7) is 2.63. The lowest BCUT2D eigenvalue weighted by Gasteiger charge is -2.09. The van der Waals surface area contributed by atoms with Gasteiger partial charge in [-0.1, -0.05) is 13.0 Å². The molecule has 156 valence electrons. The second-order valence-electron chi connectivity index (χ2n) is 6.35. The number of H-pyrrole nitrogens is 1. The van der Waals surface area contributed by atoms with Crippen molar-refractivity contribution in [3.63, 3.8) is 0 Å². The SMILES string of the molecule is CCCOc1cccc(C(=O)NN=Cc2cn[nH]c2-c2ccc(OC)c(OC)c2)c1. The second kappa shape index (κ2) is 10.1. The van der Waals surface area contributed by atoms with E-state index in [-0.39, 0.29) is 5.91 Å². The van der Waals surface area contributed by atoms with Gasteiger partial charge in [-0.05, 0) is 42.8 Å². The number of amides is 1. The molecule has 1 aromatic heterocycles. The van der Waals surface area contributed by atoms with Crippen LogP contribution in [0, 0.1) is 0 Å². The molecule has 8 heteroatoms. The maximum Gasteiger partial charge on any atom is 0.271 e. The average molecular weight is 408 g/mol. The largest absolute Gasteiger partial charge is 0.494 e. The number of carbonyl (C=O) groups excluding carboxylic acids is 1. The minimum atomic E-state index is -0.329. The Balaban J connectivity index is 1.71. The van der Waals surface area contributed by atoms with E-state index >= 15 is 0 Å². The molecule has 0 aliphatic heterocycles. The number of benzene rings is 2. The van der Waals surface area contributed by atoms with Crippen molar-refractivity contribution >= 4 is 12.1 Å². The Morgan fingerprint density at radius 1 is 1.17 bits per heavy atom. The zero-order chi connectivity index (χ0) is 21.3. The molecule has 0 radical (unpaired) electrons. The van der Waals surface area contributed by atoms with Crippen molar-refractivity contribution in [2.75, 3.05) is 20.8 Å². The van der Waals surface area contributed by atoms with Crippen molar-refractivity contribution in [1.29, 1.82) is 0 Å². The smallest absolute Gasteiger partial charge is 0.271 e. The minimum absolute atomic E-state index is 0.329. The van der Waals surface area contributed by atoms with Crippen LogP contribution in [0.15, 0.2) is 53.8 Å². The molecule has 0 saturated heterocycles. The van der Waals surface area contributed by atoms with Gasteiger partial charge < -0.3 is 14.2 Å². The normalized spacial score (nSPS) is 10.8. The van der Waals surface area contributed by atoms with Crippen molar-refractivity contribution in [2.24, 2.45) is 5.10 Å². The van der Waals surface area contributed by atoms with E-state index in [0.717, 1.165) is 17.7 Å². The van der Waals surface area contributed by atoms with E-state index in [1.165, 1.54) is 6.21 Å². The number of hydrogen-bond donors (Lipinski definition) is 2. The van der Waals surface area contributed by atoms with Gasteiger partial charge in [0.1, 0.15) is 5.75 Å². The number of aromatic amines is 1. The first-order chi connectivity index (χ1) is 14.7. The van der Waals surface area contributed by atoms with Crippen LogP contribution in [0.3, 0.4) is 0 Å². The van der Waals surface area contributed by atoms with Crippen molar-refractivity contribution < 1.29 is 19.0 Å². The van der Waals surface area contributed by atoms with E-state index in [1.54, 1.807) is 38.6 Å². The van der Waals surface area contributed by atoms with Gasteiger partial charge in [0.05, 0.1) is 38.9 Å². The van der Waals surface area contributed by atoms with Crippen LogP contribution in [0.2, 0.25) is 0 Å². The van der Waals surface area contributed by atoms with Crippen LogP contribution >= 0.6 is 0 Å². The number of nitrogens with one attached hydrogen (secondary N) is 2. The molecule has 0 unspecified atom stereocenters. The van der Waals surface area contributed by atoms with E-state index in [4.69, 9.17) is 14.2 Å². The van der Waals surface area contributed by atoms with Gasteiger partial charge in [-0.25, -0.2) is 5.43 Å². The van der Waals surface area contributed by atoms with E-state index in [0.29, 0.717) is 35.0 Å². The highest BCUT2D eigenvalue weighted by atomic mass is 16.5. The summed E-state index contributed by atoms with van der Waals surface area (Å²) in [4.78, 5) is 12.4. The molecule has 0 atom stereocenters. The molecule has 0 fully saturated rings. The van der Waals surface area contributed by atoms with Crippen molar-refractivity contribution in [2.45, 2.75) is 13.3 Å². The first-order valence-corrected chi connectivity index (χ1v) is 9.48. The maximum absolute atomic E-state index is 12.4. The highest BCUT2D eigenvalue weighted by molar-refractivity contribution is 5.96. The van der Waals surface area contributed by atoms with Crippen LogP contribution in [0.5, 0.6) is 17.2 Å². The molecule has 0 spiro atoms. The third kappa shape index (κ3) is 4.96. The molecule has 0 aliphatic rings. The first-order valence-electron chi connectivity index (χ1n) is 9.48. The van der Waals surface area contributed by atoms with Gasteiger partial charge in [-0.3, -0.25) is 9.89 Å². The van der Waals surface area contributed by atoms with Crippen LogP contribution in [-0.2, 0) is 0 Å². The summed E-state index contributed by atoms with van der Waals surface area (Å²) in [6.07, 6.45) is 4.06. The zero-order valence-corrected chi connectivity index (χ0v) is 17.1. The molecule has 3 rings (SSSR count). The van der Waals surface area contributed by atoms with Crippen LogP contribution in [0.1, 0.15) is 29.3 Å². The lowest BCUT2D eigenvalue weighted by Crippen LogP contribution is -2.17. The van der Waals surface area contributed by atoms with Crippen LogP contribution in [0.25, 0.3) is 11.3 Å². The second-order valence-corrected chi connectivity index (χ2v) is 6.35. The van der Waals surface area contributed by atoms with Gasteiger partial charge >= 0.3 is 0 Å². The Labute approximate surface area is 174 Å². The Morgan fingerprint density at radius 3 is 2.77 bits per heavy atom. The lowest BCUT2D eigenvalue weighted by molar-refractivity contribution is 0.0954. The molecule has 2 N–H and O–H groups in total. The maximum atomic E-state index is 12.4. The number of nitrogens with zero attached hydrogens (tertiary/aromatic N) is 2. The fourth-order valence-corrected chi connectivity index (χ4v) is 2.79. The fraction of sp³-hybridized carbons (Fsp3) is 0.227. The quantitative estimate of drug-likeness (QED) is 0.416. The summed E-state index contributed by atoms with van der Waals surface area (Å²) in [5.41, 5.74) is 5.29. The fourth-order valence-electron chi connectivity index (χ4n) is 2.79. The molecule has 1 amide bonds. The third-order valence-corrected chi connectivity index (χ3v) is 4.28. The average Bonchev–Trinajstić information content (AvgIpc) is 3.25. The molecule has 1 heterocycles. The first kappa shape index (κ1) is 20.9. The number of hydrogen-bond acceptors (Lipinski definition) is 6. The predicted molar refractivity (Wildman–Crippen MR) is 114 cm³/mol. The van der Waals surface area contributed by atoms with Gasteiger partial charge in [0.2, 0.25) is 0 Å². The molecular formula is C22H24N4O4. The molecule has 0 aliphatic carbocycles. The van der Waals surface area contributed by atoms with E-state index in [2.05, 4.69) is 20.7 Å². The molecule has 30 heavy (non-hydrogen) atoms. The van der Waals surface area contributed by atoms with E-state index in [1.807, 2.05) is 31.2 Å². The molecular weight excluding hydrogens is 384 g/mol. The summed E-state index contributed by atoms with van der Waals surface area (Å²) in [5, 5.41) is 11.1. The number of carbonyl (C=O) groups is 1. The Bertz CT molecular complexity index is 1030. The van der Waals surface area contributed by atoms with Gasteiger partial charge in [0.25, 0.3) is 5.91 Å². The monoisotopic (exact) mass is 408 g/mol.